The Morgan fingerprint density at radius 3 is 2.61 bits per heavy atom. The highest BCUT2D eigenvalue weighted by atomic mass is 16.5. The number of hydrogen-bond acceptors (Lipinski definition) is 5. The Kier molecular flexibility index (Phi) is 8.65. The predicted molar refractivity (Wildman–Crippen MR) is 166 cm³/mol. The topological polar surface area (TPSA) is 50.3 Å². The summed E-state index contributed by atoms with van der Waals surface area (Å²) in [6.07, 6.45) is 7.17. The molecule has 208 valence electrons. The van der Waals surface area contributed by atoms with Gasteiger partial charge in [-0.05, 0) is 77.9 Å². The van der Waals surface area contributed by atoms with Gasteiger partial charge >= 0.3 is 0 Å². The first kappa shape index (κ1) is 27.1. The number of pyridine rings is 2. The van der Waals surface area contributed by atoms with E-state index < -0.39 is 0 Å². The lowest BCUT2D eigenvalue weighted by Gasteiger charge is -2.36. The smallest absolute Gasteiger partial charge is 0.124 e. The summed E-state index contributed by atoms with van der Waals surface area (Å²) in [4.78, 5) is 12.0. The van der Waals surface area contributed by atoms with Crippen molar-refractivity contribution in [2.45, 2.75) is 58.4 Å². The number of rotatable bonds is 11. The summed E-state index contributed by atoms with van der Waals surface area (Å²) in [6.45, 7) is 5.89. The van der Waals surface area contributed by atoms with E-state index in [0.717, 1.165) is 50.5 Å². The van der Waals surface area contributed by atoms with Crippen LogP contribution in [0, 0.1) is 0 Å². The number of nitrogens with zero attached hydrogens (tertiary/aromatic N) is 3. The molecule has 1 aliphatic carbocycles. The van der Waals surface area contributed by atoms with Crippen LogP contribution in [-0.2, 0) is 32.6 Å². The maximum atomic E-state index is 6.20. The summed E-state index contributed by atoms with van der Waals surface area (Å²) < 4.78 is 6.20. The molecule has 1 atom stereocenters. The standard InChI is InChI=1S/C36H38N4O/c1-2-41-35-19-18-29-12-3-4-16-32(29)33(35)26-40(34-17-8-13-30-14-9-21-39-36(30)34)25-28-11-7-10-27(22-28)23-37-24-31-15-5-6-20-38-31/h3-7,9-12,14-16,18-22,34,37H,2,8,13,17,23-26H2,1H3. The molecule has 5 nitrogen and oxygen atoms in total. The Morgan fingerprint density at radius 1 is 0.829 bits per heavy atom. The fraction of sp³-hybridized carbons (Fsp3) is 0.278. The van der Waals surface area contributed by atoms with Crippen LogP contribution in [0.4, 0.5) is 0 Å². The maximum absolute atomic E-state index is 6.20. The summed E-state index contributed by atoms with van der Waals surface area (Å²) in [7, 11) is 0. The van der Waals surface area contributed by atoms with Crippen LogP contribution in [0.3, 0.4) is 0 Å². The fourth-order valence-electron chi connectivity index (χ4n) is 6.10. The van der Waals surface area contributed by atoms with Gasteiger partial charge in [0.15, 0.2) is 0 Å². The van der Waals surface area contributed by atoms with E-state index in [1.165, 1.54) is 45.1 Å². The molecule has 2 aromatic heterocycles. The van der Waals surface area contributed by atoms with Crippen LogP contribution >= 0.6 is 0 Å². The van der Waals surface area contributed by atoms with E-state index in [4.69, 9.17) is 9.72 Å². The van der Waals surface area contributed by atoms with E-state index in [0.29, 0.717) is 6.61 Å². The number of benzene rings is 3. The van der Waals surface area contributed by atoms with Gasteiger partial charge in [-0.1, -0.05) is 66.7 Å². The van der Waals surface area contributed by atoms with Gasteiger partial charge in [-0.25, -0.2) is 0 Å². The van der Waals surface area contributed by atoms with Crippen LogP contribution in [0.5, 0.6) is 5.75 Å². The van der Waals surface area contributed by atoms with Crippen LogP contribution < -0.4 is 10.1 Å². The van der Waals surface area contributed by atoms with Crippen molar-refractivity contribution in [1.82, 2.24) is 20.2 Å². The molecule has 1 unspecified atom stereocenters. The van der Waals surface area contributed by atoms with Crippen molar-refractivity contribution in [1.29, 1.82) is 0 Å². The second-order valence-electron chi connectivity index (χ2n) is 10.8. The molecule has 5 heteroatoms. The number of ether oxygens (including phenoxy) is 1. The molecule has 2 heterocycles. The summed E-state index contributed by atoms with van der Waals surface area (Å²) >= 11 is 0. The van der Waals surface area contributed by atoms with Crippen molar-refractivity contribution in [3.8, 4) is 5.75 Å². The van der Waals surface area contributed by atoms with Crippen molar-refractivity contribution >= 4 is 10.8 Å². The van der Waals surface area contributed by atoms with Crippen LogP contribution in [0.15, 0.2) is 103 Å². The highest BCUT2D eigenvalue weighted by molar-refractivity contribution is 5.87. The molecule has 41 heavy (non-hydrogen) atoms. The quantitative estimate of drug-likeness (QED) is 0.188. The molecule has 0 saturated carbocycles. The van der Waals surface area contributed by atoms with Crippen LogP contribution in [0.25, 0.3) is 10.8 Å². The molecule has 1 N–H and O–H groups in total. The number of aromatic nitrogens is 2. The molecule has 0 saturated heterocycles. The molecule has 0 radical (unpaired) electrons. The third-order valence-electron chi connectivity index (χ3n) is 8.00. The molecule has 3 aromatic carbocycles. The number of fused-ring (bicyclic) bond motifs is 2. The van der Waals surface area contributed by atoms with Gasteiger partial charge < -0.3 is 10.1 Å². The van der Waals surface area contributed by atoms with Gasteiger partial charge in [-0.15, -0.1) is 0 Å². The molecule has 6 rings (SSSR count). The van der Waals surface area contributed by atoms with Crippen molar-refractivity contribution in [2.24, 2.45) is 0 Å². The van der Waals surface area contributed by atoms with Gasteiger partial charge in [-0.3, -0.25) is 14.9 Å². The minimum atomic E-state index is 0.249. The Bertz CT molecular complexity index is 1590. The van der Waals surface area contributed by atoms with E-state index >= 15 is 0 Å². The summed E-state index contributed by atoms with van der Waals surface area (Å²) in [5.41, 5.74) is 7.50. The molecule has 0 bridgehead atoms. The molecule has 0 fully saturated rings. The zero-order valence-corrected chi connectivity index (χ0v) is 23.8. The van der Waals surface area contributed by atoms with Crippen molar-refractivity contribution in [3.63, 3.8) is 0 Å². The summed E-state index contributed by atoms with van der Waals surface area (Å²) in [5.74, 6) is 0.973. The number of hydrogen-bond donors (Lipinski definition) is 1. The third-order valence-corrected chi connectivity index (χ3v) is 8.00. The molecular weight excluding hydrogens is 504 g/mol. The van der Waals surface area contributed by atoms with Crippen molar-refractivity contribution in [2.75, 3.05) is 6.61 Å². The largest absolute Gasteiger partial charge is 0.494 e. The predicted octanol–water partition coefficient (Wildman–Crippen LogP) is 7.40. The zero-order chi connectivity index (χ0) is 27.9. The minimum Gasteiger partial charge on any atom is -0.494 e. The second kappa shape index (κ2) is 13.1. The molecule has 1 aliphatic rings. The van der Waals surface area contributed by atoms with Crippen molar-refractivity contribution in [3.05, 3.63) is 137 Å². The Balaban J connectivity index is 1.31. The van der Waals surface area contributed by atoms with E-state index in [-0.39, 0.29) is 6.04 Å². The van der Waals surface area contributed by atoms with E-state index in [1.54, 1.807) is 0 Å². The lowest BCUT2D eigenvalue weighted by molar-refractivity contribution is 0.155. The first-order valence-electron chi connectivity index (χ1n) is 14.8. The van der Waals surface area contributed by atoms with Crippen molar-refractivity contribution < 1.29 is 4.74 Å². The Labute approximate surface area is 243 Å². The number of nitrogens with one attached hydrogen (secondary N) is 1. The highest BCUT2D eigenvalue weighted by Crippen LogP contribution is 2.37. The first-order valence-corrected chi connectivity index (χ1v) is 14.8. The SMILES string of the molecule is CCOc1ccc2ccccc2c1CN(Cc1cccc(CNCc2ccccn2)c1)C1CCCc2cccnc21. The molecule has 0 aliphatic heterocycles. The second-order valence-corrected chi connectivity index (χ2v) is 10.8. The highest BCUT2D eigenvalue weighted by Gasteiger charge is 2.28. The average Bonchev–Trinajstić information content (AvgIpc) is 3.02. The zero-order valence-electron chi connectivity index (χ0n) is 23.8. The molecular formula is C36H38N4O. The lowest BCUT2D eigenvalue weighted by Crippen LogP contribution is -2.31. The molecule has 0 spiro atoms. The Morgan fingerprint density at radius 2 is 1.71 bits per heavy atom. The monoisotopic (exact) mass is 542 g/mol. The van der Waals surface area contributed by atoms with Crippen LogP contribution in [0.2, 0.25) is 0 Å². The lowest BCUT2D eigenvalue weighted by atomic mass is 9.90. The molecule has 0 amide bonds. The summed E-state index contributed by atoms with van der Waals surface area (Å²) in [5, 5.41) is 6.06. The van der Waals surface area contributed by atoms with Crippen LogP contribution in [0.1, 0.15) is 59.4 Å². The van der Waals surface area contributed by atoms with Gasteiger partial charge in [0.05, 0.1) is 24.0 Å². The van der Waals surface area contributed by atoms with E-state index in [1.807, 2.05) is 24.5 Å². The van der Waals surface area contributed by atoms with Gasteiger partial charge in [0, 0.05) is 44.1 Å². The van der Waals surface area contributed by atoms with E-state index in [9.17, 15) is 0 Å². The third kappa shape index (κ3) is 6.48. The Hall–Kier alpha value is -4.06. The summed E-state index contributed by atoms with van der Waals surface area (Å²) in [6, 6.07) is 32.6. The number of aryl methyl sites for hydroxylation is 1. The van der Waals surface area contributed by atoms with Gasteiger partial charge in [0.2, 0.25) is 0 Å². The maximum Gasteiger partial charge on any atom is 0.124 e. The molecule has 5 aromatic rings. The van der Waals surface area contributed by atoms with Gasteiger partial charge in [0.25, 0.3) is 0 Å². The normalized spacial score (nSPS) is 14.7. The van der Waals surface area contributed by atoms with E-state index in [2.05, 4.69) is 101 Å². The average molecular weight is 543 g/mol. The van der Waals surface area contributed by atoms with Crippen LogP contribution in [-0.4, -0.2) is 21.5 Å². The van der Waals surface area contributed by atoms with Gasteiger partial charge in [-0.2, -0.15) is 0 Å². The first-order chi connectivity index (χ1) is 20.3. The fourth-order valence-corrected chi connectivity index (χ4v) is 6.10. The minimum absolute atomic E-state index is 0.249. The van der Waals surface area contributed by atoms with Gasteiger partial charge in [0.1, 0.15) is 5.75 Å².